The van der Waals surface area contributed by atoms with Crippen LogP contribution in [0, 0.1) is 0 Å². The van der Waals surface area contributed by atoms with E-state index in [9.17, 15) is 0 Å². The first-order valence-corrected chi connectivity index (χ1v) is 5.43. The molecule has 0 saturated carbocycles. The Morgan fingerprint density at radius 1 is 1.20 bits per heavy atom. The van der Waals surface area contributed by atoms with Crippen LogP contribution < -0.4 is 5.32 Å². The molecule has 4 nitrogen and oxygen atoms in total. The Bertz CT molecular complexity index is 83.5. The van der Waals surface area contributed by atoms with E-state index in [1.165, 1.54) is 0 Å². The average Bonchev–Trinajstić information content (AvgIpc) is 1.78. The van der Waals surface area contributed by atoms with Crippen LogP contribution in [0.15, 0.2) is 0 Å². The van der Waals surface area contributed by atoms with Crippen LogP contribution in [0.4, 0.5) is 0 Å². The molecule has 0 aromatic carbocycles. The van der Waals surface area contributed by atoms with E-state index in [1.54, 1.807) is 0 Å². The van der Waals surface area contributed by atoms with Crippen molar-refractivity contribution in [2.45, 2.75) is 18.9 Å². The molecule has 4 N–H and O–H groups in total. The zero-order valence-electron chi connectivity index (χ0n) is 6.17. The zero-order valence-corrected chi connectivity index (χ0v) is 7.17. The van der Waals surface area contributed by atoms with Crippen molar-refractivity contribution in [1.82, 2.24) is 5.32 Å². The molecule has 0 bridgehead atoms. The normalized spacial score (nSPS) is 12.0. The van der Waals surface area contributed by atoms with E-state index in [2.05, 4.69) is 5.32 Å². The topological polar surface area (TPSA) is 72.7 Å². The fourth-order valence-corrected chi connectivity index (χ4v) is 1.39. The minimum atomic E-state index is -3.73. The van der Waals surface area contributed by atoms with Crippen molar-refractivity contribution in [1.29, 1.82) is 0 Å². The minimum absolute atomic E-state index is 0.147. The Kier molecular flexibility index (Phi) is 4.84. The van der Waals surface area contributed by atoms with Gasteiger partial charge in [0.25, 0.3) is 0 Å². The Morgan fingerprint density at radius 2 is 1.80 bits per heavy atom. The van der Waals surface area contributed by atoms with Gasteiger partial charge in [0.15, 0.2) is 0 Å². The molecular weight excluding hydrogens is 150 g/mol. The Morgan fingerprint density at radius 3 is 2.20 bits per heavy atom. The highest BCUT2D eigenvalue weighted by Gasteiger charge is 2.25. The molecule has 0 aromatic rings. The maximum atomic E-state index is 8.55. The molecular formula is C5H15NO3Si. The number of unbranched alkanes of at least 4 members (excludes halogenated alkanes) is 1. The summed E-state index contributed by atoms with van der Waals surface area (Å²) in [7, 11) is -1.90. The van der Waals surface area contributed by atoms with E-state index in [-0.39, 0.29) is 6.04 Å². The van der Waals surface area contributed by atoms with Crippen LogP contribution in [-0.4, -0.2) is 36.8 Å². The standard InChI is InChI=1S/C5H15NO3Si/c1-6-4-2-3-5-10(7,8)9/h6-9H,2-5H2,1H3. The van der Waals surface area contributed by atoms with Crippen molar-refractivity contribution in [2.24, 2.45) is 0 Å². The third-order valence-electron chi connectivity index (χ3n) is 1.19. The van der Waals surface area contributed by atoms with Crippen LogP contribution in [0.1, 0.15) is 12.8 Å². The van der Waals surface area contributed by atoms with Gasteiger partial charge in [-0.15, -0.1) is 0 Å². The summed E-state index contributed by atoms with van der Waals surface area (Å²) in [4.78, 5) is 25.6. The van der Waals surface area contributed by atoms with Crippen molar-refractivity contribution >= 4 is 8.80 Å². The second-order valence-electron chi connectivity index (χ2n) is 2.34. The summed E-state index contributed by atoms with van der Waals surface area (Å²) in [5, 5.41) is 2.92. The Hall–Kier alpha value is 0.0569. The summed E-state index contributed by atoms with van der Waals surface area (Å²) in [6, 6.07) is 0.147. The van der Waals surface area contributed by atoms with E-state index >= 15 is 0 Å². The van der Waals surface area contributed by atoms with Gasteiger partial charge >= 0.3 is 8.80 Å². The number of nitrogens with one attached hydrogen (secondary N) is 1. The van der Waals surface area contributed by atoms with Gasteiger partial charge in [-0.2, -0.15) is 0 Å². The summed E-state index contributed by atoms with van der Waals surface area (Å²) in [6.07, 6.45) is 1.53. The summed E-state index contributed by atoms with van der Waals surface area (Å²) in [5.74, 6) is 0. The molecule has 0 aromatic heterocycles. The molecule has 5 heteroatoms. The lowest BCUT2D eigenvalue weighted by atomic mass is 10.3. The zero-order chi connectivity index (χ0) is 8.04. The summed E-state index contributed by atoms with van der Waals surface area (Å²) >= 11 is 0. The van der Waals surface area contributed by atoms with Gasteiger partial charge in [-0.1, -0.05) is 0 Å². The minimum Gasteiger partial charge on any atom is -0.390 e. The lowest BCUT2D eigenvalue weighted by molar-refractivity contribution is 0.226. The third kappa shape index (κ3) is 8.06. The van der Waals surface area contributed by atoms with Gasteiger partial charge in [-0.05, 0) is 26.4 Å². The lowest BCUT2D eigenvalue weighted by Gasteiger charge is -2.07. The Labute approximate surface area is 61.9 Å². The van der Waals surface area contributed by atoms with Crippen LogP contribution >= 0.6 is 0 Å². The molecule has 0 heterocycles. The third-order valence-corrected chi connectivity index (χ3v) is 2.21. The van der Waals surface area contributed by atoms with E-state index in [0.717, 1.165) is 13.0 Å². The van der Waals surface area contributed by atoms with Crippen LogP contribution in [-0.2, 0) is 0 Å². The first-order valence-electron chi connectivity index (χ1n) is 3.38. The Balaban J connectivity index is 3.04. The highest BCUT2D eigenvalue weighted by atomic mass is 28.4. The van der Waals surface area contributed by atoms with Gasteiger partial charge in [0.05, 0.1) is 0 Å². The van der Waals surface area contributed by atoms with Gasteiger partial charge in [-0.25, -0.2) is 0 Å². The van der Waals surface area contributed by atoms with Crippen LogP contribution in [0.25, 0.3) is 0 Å². The smallest absolute Gasteiger partial charge is 0.390 e. The lowest BCUT2D eigenvalue weighted by Crippen LogP contribution is -2.34. The average molecular weight is 165 g/mol. The van der Waals surface area contributed by atoms with E-state index in [4.69, 9.17) is 14.4 Å². The van der Waals surface area contributed by atoms with Crippen molar-refractivity contribution < 1.29 is 14.4 Å². The maximum Gasteiger partial charge on any atom is 0.492 e. The van der Waals surface area contributed by atoms with Crippen LogP contribution in [0.2, 0.25) is 6.04 Å². The van der Waals surface area contributed by atoms with Gasteiger partial charge < -0.3 is 19.7 Å². The molecule has 0 unspecified atom stereocenters. The van der Waals surface area contributed by atoms with Crippen LogP contribution in [0.3, 0.4) is 0 Å². The molecule has 0 fully saturated rings. The summed E-state index contributed by atoms with van der Waals surface area (Å²) in [5.41, 5.74) is 0. The molecule has 62 valence electrons. The quantitative estimate of drug-likeness (QED) is 0.308. The maximum absolute atomic E-state index is 8.55. The number of rotatable bonds is 5. The second kappa shape index (κ2) is 4.81. The van der Waals surface area contributed by atoms with E-state index < -0.39 is 8.80 Å². The largest absolute Gasteiger partial charge is 0.492 e. The number of hydrogen-bond acceptors (Lipinski definition) is 4. The molecule has 0 atom stereocenters. The van der Waals surface area contributed by atoms with Crippen molar-refractivity contribution in [3.63, 3.8) is 0 Å². The highest BCUT2D eigenvalue weighted by molar-refractivity contribution is 6.56. The molecule has 0 spiro atoms. The molecule has 0 saturated heterocycles. The van der Waals surface area contributed by atoms with Crippen molar-refractivity contribution in [3.05, 3.63) is 0 Å². The van der Waals surface area contributed by atoms with Gasteiger partial charge in [0, 0.05) is 6.04 Å². The molecule has 0 aliphatic carbocycles. The van der Waals surface area contributed by atoms with Gasteiger partial charge in [-0.3, -0.25) is 0 Å². The summed E-state index contributed by atoms with van der Waals surface area (Å²) in [6.45, 7) is 0.852. The predicted octanol–water partition coefficient (Wildman–Crippen LogP) is -1.10. The second-order valence-corrected chi connectivity index (χ2v) is 4.38. The first kappa shape index (κ1) is 10.1. The molecule has 0 radical (unpaired) electrons. The predicted molar refractivity (Wildman–Crippen MR) is 40.4 cm³/mol. The number of hydrogen-bond donors (Lipinski definition) is 4. The van der Waals surface area contributed by atoms with Crippen LogP contribution in [0.5, 0.6) is 0 Å². The van der Waals surface area contributed by atoms with Crippen molar-refractivity contribution in [2.75, 3.05) is 13.6 Å². The van der Waals surface area contributed by atoms with Crippen molar-refractivity contribution in [3.8, 4) is 0 Å². The fourth-order valence-electron chi connectivity index (χ4n) is 0.664. The van der Waals surface area contributed by atoms with Gasteiger partial charge in [0.1, 0.15) is 0 Å². The molecule has 0 aliphatic heterocycles. The van der Waals surface area contributed by atoms with E-state index in [1.807, 2.05) is 7.05 Å². The SMILES string of the molecule is CNCCCC[Si](O)(O)O. The van der Waals surface area contributed by atoms with E-state index in [0.29, 0.717) is 6.42 Å². The monoisotopic (exact) mass is 165 g/mol. The first-order chi connectivity index (χ1) is 4.56. The highest BCUT2D eigenvalue weighted by Crippen LogP contribution is 2.02. The molecule has 0 amide bonds. The fraction of sp³-hybridized carbons (Fsp3) is 1.00. The summed E-state index contributed by atoms with van der Waals surface area (Å²) < 4.78 is 0. The molecule has 0 aliphatic rings. The molecule has 0 rings (SSSR count). The molecule has 10 heavy (non-hydrogen) atoms. The van der Waals surface area contributed by atoms with Gasteiger partial charge in [0.2, 0.25) is 0 Å².